The minimum Gasteiger partial charge on any atom is -0.479 e. The summed E-state index contributed by atoms with van der Waals surface area (Å²) in [7, 11) is 0. The van der Waals surface area contributed by atoms with Gasteiger partial charge in [0.1, 0.15) is 0 Å². The molecule has 6 nitrogen and oxygen atoms in total. The van der Waals surface area contributed by atoms with Gasteiger partial charge in [-0.05, 0) is 22.3 Å². The van der Waals surface area contributed by atoms with Crippen molar-refractivity contribution in [3.63, 3.8) is 0 Å². The normalized spacial score (nSPS) is 10.8. The fourth-order valence-electron chi connectivity index (χ4n) is 3.54. The van der Waals surface area contributed by atoms with Crippen molar-refractivity contribution in [1.29, 1.82) is 0 Å². The molecule has 0 aromatic heterocycles. The summed E-state index contributed by atoms with van der Waals surface area (Å²) in [5.41, 5.74) is -2.61. The van der Waals surface area contributed by atoms with Gasteiger partial charge in [-0.1, -0.05) is 121 Å². The topological polar surface area (TPSA) is 115 Å². The second kappa shape index (κ2) is 12.2. The van der Waals surface area contributed by atoms with Gasteiger partial charge in [0.05, 0.1) is 0 Å². The number of carboxylic acid groups (broad SMARTS) is 2. The van der Waals surface area contributed by atoms with Crippen molar-refractivity contribution in [3.05, 3.63) is 144 Å². The van der Waals surface area contributed by atoms with Crippen molar-refractivity contribution in [2.75, 3.05) is 0 Å². The minimum atomic E-state index is -2.00. The summed E-state index contributed by atoms with van der Waals surface area (Å²) in [6.07, 6.45) is 0. The molecule has 4 aromatic rings. The second-order valence-electron chi connectivity index (χ2n) is 7.50. The van der Waals surface area contributed by atoms with E-state index in [2.05, 4.69) is 0 Å². The van der Waals surface area contributed by atoms with Crippen LogP contribution >= 0.6 is 0 Å². The number of benzene rings is 4. The maximum atomic E-state index is 11.4. The Kier molecular flexibility index (Phi) is 9.61. The van der Waals surface area contributed by atoms with Crippen molar-refractivity contribution >= 4 is 11.9 Å². The minimum absolute atomic E-state index is 0. The van der Waals surface area contributed by atoms with E-state index in [9.17, 15) is 30.0 Å². The second-order valence-corrected chi connectivity index (χ2v) is 7.50. The molecule has 0 fully saturated rings. The van der Waals surface area contributed by atoms with Crippen LogP contribution in [0.15, 0.2) is 121 Å². The molecule has 0 heterocycles. The van der Waals surface area contributed by atoms with E-state index in [0.717, 1.165) is 0 Å². The van der Waals surface area contributed by atoms with E-state index >= 15 is 0 Å². The van der Waals surface area contributed by atoms with Crippen LogP contribution in [0.1, 0.15) is 22.3 Å². The average molecular weight is 522 g/mol. The zero-order valence-corrected chi connectivity index (χ0v) is 21.8. The van der Waals surface area contributed by atoms with Gasteiger partial charge in [-0.3, -0.25) is 0 Å². The number of hydrogen-bond donors (Lipinski definition) is 4. The van der Waals surface area contributed by atoms with E-state index in [1.54, 1.807) is 121 Å². The van der Waals surface area contributed by atoms with Crippen LogP contribution in [0.5, 0.6) is 0 Å². The smallest absolute Gasteiger partial charge is 0.345 e. The number of rotatable bonds is 6. The summed E-state index contributed by atoms with van der Waals surface area (Å²) >= 11 is 0. The monoisotopic (exact) mass is 520 g/mol. The molecule has 0 unspecified atom stereocenters. The van der Waals surface area contributed by atoms with Crippen LogP contribution < -0.4 is 0 Å². The van der Waals surface area contributed by atoms with Crippen molar-refractivity contribution in [2.24, 2.45) is 0 Å². The summed E-state index contributed by atoms with van der Waals surface area (Å²) < 4.78 is 0. The van der Waals surface area contributed by atoms with Crippen LogP contribution in [0, 0.1) is 0 Å². The fraction of sp³-hybridized carbons (Fsp3) is 0.0714. The molecule has 0 saturated heterocycles. The van der Waals surface area contributed by atoms with Crippen LogP contribution in [-0.4, -0.2) is 32.4 Å². The van der Waals surface area contributed by atoms with E-state index in [0.29, 0.717) is 22.3 Å². The molecule has 174 valence electrons. The van der Waals surface area contributed by atoms with E-state index in [1.807, 2.05) is 0 Å². The molecule has 35 heavy (non-hydrogen) atoms. The summed E-state index contributed by atoms with van der Waals surface area (Å²) in [4.78, 5) is 22.7. The maximum absolute atomic E-state index is 11.4. The van der Waals surface area contributed by atoms with Gasteiger partial charge in [0, 0.05) is 19.5 Å². The van der Waals surface area contributed by atoms with E-state index in [4.69, 9.17) is 0 Å². The molecule has 0 spiro atoms. The molecule has 4 N–H and O–H groups in total. The first-order valence-electron chi connectivity index (χ1n) is 10.4. The molecule has 4 aromatic carbocycles. The van der Waals surface area contributed by atoms with Gasteiger partial charge < -0.3 is 20.4 Å². The van der Waals surface area contributed by atoms with Gasteiger partial charge >= 0.3 is 11.9 Å². The summed E-state index contributed by atoms with van der Waals surface area (Å²) in [6, 6.07) is 33.5. The fourth-order valence-corrected chi connectivity index (χ4v) is 3.54. The van der Waals surface area contributed by atoms with Crippen molar-refractivity contribution in [2.45, 2.75) is 11.2 Å². The SMILES string of the molecule is O=C(O)C(O)(c1ccccc1)c1ccccc1.O=C(O)C(O)(c1ccccc1)c1ccccc1.[Zn]. The third-order valence-electron chi connectivity index (χ3n) is 5.39. The zero-order valence-electron chi connectivity index (χ0n) is 18.9. The first-order chi connectivity index (χ1) is 16.3. The molecule has 4 rings (SSSR count). The number of aliphatic hydroxyl groups is 2. The van der Waals surface area contributed by atoms with Crippen molar-refractivity contribution < 1.29 is 49.5 Å². The summed E-state index contributed by atoms with van der Waals surface area (Å²) in [6.45, 7) is 0. The Balaban J connectivity index is 0.000000240. The van der Waals surface area contributed by atoms with Crippen molar-refractivity contribution in [1.82, 2.24) is 0 Å². The van der Waals surface area contributed by atoms with Gasteiger partial charge in [0.15, 0.2) is 0 Å². The van der Waals surface area contributed by atoms with Crippen LogP contribution in [0.25, 0.3) is 0 Å². The quantitative estimate of drug-likeness (QED) is 0.285. The standard InChI is InChI=1S/2C14H12O3.Zn/c2*15-13(16)14(17,11-7-3-1-4-8-11)12-9-5-2-6-10-12;/h2*1-10,17H,(H,15,16);. The molecule has 0 aliphatic carbocycles. The first-order valence-corrected chi connectivity index (χ1v) is 10.4. The van der Waals surface area contributed by atoms with Crippen molar-refractivity contribution in [3.8, 4) is 0 Å². The summed E-state index contributed by atoms with van der Waals surface area (Å²) in [5, 5.41) is 39.4. The summed E-state index contributed by atoms with van der Waals surface area (Å²) in [5.74, 6) is -2.56. The van der Waals surface area contributed by atoms with Gasteiger partial charge in [0.2, 0.25) is 11.2 Å². The number of carbonyl (C=O) groups is 2. The Hall–Kier alpha value is -3.64. The largest absolute Gasteiger partial charge is 0.479 e. The van der Waals surface area contributed by atoms with Gasteiger partial charge in [-0.25, -0.2) is 9.59 Å². The molecule has 0 saturated carbocycles. The molecule has 0 amide bonds. The van der Waals surface area contributed by atoms with E-state index in [-0.39, 0.29) is 19.5 Å². The van der Waals surface area contributed by atoms with Gasteiger partial charge in [0.25, 0.3) is 0 Å². The van der Waals surface area contributed by atoms with Crippen LogP contribution in [0.4, 0.5) is 0 Å². The molecule has 0 atom stereocenters. The Morgan fingerprint density at radius 2 is 0.600 bits per heavy atom. The Bertz CT molecular complexity index is 1040. The maximum Gasteiger partial charge on any atom is 0.345 e. The zero-order chi connectivity index (χ0) is 24.6. The third kappa shape index (κ3) is 5.90. The van der Waals surface area contributed by atoms with Gasteiger partial charge in [-0.15, -0.1) is 0 Å². The van der Waals surface area contributed by atoms with Crippen LogP contribution in [0.3, 0.4) is 0 Å². The Morgan fingerprint density at radius 3 is 0.743 bits per heavy atom. The molecule has 0 bridgehead atoms. The average Bonchev–Trinajstić information content (AvgIpc) is 2.90. The van der Waals surface area contributed by atoms with E-state index < -0.39 is 23.1 Å². The van der Waals surface area contributed by atoms with Gasteiger partial charge in [-0.2, -0.15) is 0 Å². The molecule has 7 heteroatoms. The molecule has 0 aliphatic heterocycles. The van der Waals surface area contributed by atoms with Crippen LogP contribution in [0.2, 0.25) is 0 Å². The van der Waals surface area contributed by atoms with E-state index in [1.165, 1.54) is 0 Å². The molecular weight excluding hydrogens is 498 g/mol. The number of carboxylic acids is 2. The molecule has 0 aliphatic rings. The predicted octanol–water partition coefficient (Wildman–Crippen LogP) is 4.01. The Morgan fingerprint density at radius 1 is 0.429 bits per heavy atom. The third-order valence-corrected chi connectivity index (χ3v) is 5.39. The number of aliphatic carboxylic acids is 2. The van der Waals surface area contributed by atoms with Crippen LogP contribution in [-0.2, 0) is 40.3 Å². The molecular formula is C28H24O6Zn. The predicted molar refractivity (Wildman–Crippen MR) is 127 cm³/mol. The first kappa shape index (κ1) is 27.6. The molecule has 0 radical (unpaired) electrons. The Labute approximate surface area is 215 Å². The number of hydrogen-bond acceptors (Lipinski definition) is 4.